The summed E-state index contributed by atoms with van der Waals surface area (Å²) in [5.41, 5.74) is 1.11. The lowest BCUT2D eigenvalue weighted by molar-refractivity contribution is 0.851. The molecule has 0 radical (unpaired) electrons. The SMILES string of the molecule is Cc1nc2c(Cl)ncnc2n(C)c1=O. The highest BCUT2D eigenvalue weighted by atomic mass is 35.5. The van der Waals surface area contributed by atoms with Crippen LogP contribution in [0.1, 0.15) is 5.69 Å². The van der Waals surface area contributed by atoms with Crippen LogP contribution < -0.4 is 5.56 Å². The van der Waals surface area contributed by atoms with E-state index in [1.807, 2.05) is 0 Å². The van der Waals surface area contributed by atoms with Crippen LogP contribution in [-0.2, 0) is 7.05 Å². The fraction of sp³-hybridized carbons (Fsp3) is 0.250. The Bertz CT molecular complexity index is 563. The molecule has 2 aromatic rings. The Hall–Kier alpha value is -1.49. The van der Waals surface area contributed by atoms with Crippen molar-refractivity contribution in [3.8, 4) is 0 Å². The molecule has 0 fully saturated rings. The smallest absolute Gasteiger partial charge is 0.273 e. The zero-order valence-electron chi connectivity index (χ0n) is 7.65. The van der Waals surface area contributed by atoms with Crippen molar-refractivity contribution < 1.29 is 0 Å². The van der Waals surface area contributed by atoms with E-state index in [4.69, 9.17) is 11.6 Å². The molecule has 14 heavy (non-hydrogen) atoms. The lowest BCUT2D eigenvalue weighted by atomic mass is 10.4. The second-order valence-electron chi connectivity index (χ2n) is 2.90. The first kappa shape index (κ1) is 9.08. The minimum atomic E-state index is -0.174. The highest BCUT2D eigenvalue weighted by Gasteiger charge is 2.08. The van der Waals surface area contributed by atoms with E-state index in [2.05, 4.69) is 15.0 Å². The Morgan fingerprint density at radius 1 is 1.43 bits per heavy atom. The van der Waals surface area contributed by atoms with Gasteiger partial charge in [0.05, 0.1) is 0 Å². The number of hydrogen-bond acceptors (Lipinski definition) is 4. The topological polar surface area (TPSA) is 60.7 Å². The van der Waals surface area contributed by atoms with E-state index in [-0.39, 0.29) is 10.7 Å². The van der Waals surface area contributed by atoms with Crippen molar-refractivity contribution in [2.45, 2.75) is 6.92 Å². The third-order valence-electron chi connectivity index (χ3n) is 1.97. The van der Waals surface area contributed by atoms with Gasteiger partial charge >= 0.3 is 0 Å². The van der Waals surface area contributed by atoms with Crippen molar-refractivity contribution in [2.24, 2.45) is 7.05 Å². The predicted molar refractivity (Wildman–Crippen MR) is 52.3 cm³/mol. The van der Waals surface area contributed by atoms with Crippen LogP contribution in [0.2, 0.25) is 5.15 Å². The first-order chi connectivity index (χ1) is 6.61. The molecule has 0 spiro atoms. The zero-order valence-corrected chi connectivity index (χ0v) is 8.41. The van der Waals surface area contributed by atoms with Gasteiger partial charge in [0, 0.05) is 7.05 Å². The van der Waals surface area contributed by atoms with Gasteiger partial charge in [0.15, 0.2) is 10.8 Å². The minimum absolute atomic E-state index is 0.174. The van der Waals surface area contributed by atoms with Gasteiger partial charge in [-0.15, -0.1) is 0 Å². The normalized spacial score (nSPS) is 10.8. The summed E-state index contributed by atoms with van der Waals surface area (Å²) in [4.78, 5) is 23.3. The van der Waals surface area contributed by atoms with Crippen LogP contribution in [0.15, 0.2) is 11.1 Å². The van der Waals surface area contributed by atoms with Crippen molar-refractivity contribution in [2.75, 3.05) is 0 Å². The van der Waals surface area contributed by atoms with E-state index in [0.717, 1.165) is 0 Å². The molecule has 2 rings (SSSR count). The Morgan fingerprint density at radius 3 is 2.86 bits per heavy atom. The number of rotatable bonds is 0. The molecule has 0 bridgehead atoms. The fourth-order valence-electron chi connectivity index (χ4n) is 1.24. The molecule has 0 aromatic carbocycles. The van der Waals surface area contributed by atoms with Crippen molar-refractivity contribution in [1.82, 2.24) is 19.5 Å². The van der Waals surface area contributed by atoms with Gasteiger partial charge in [-0.2, -0.15) is 0 Å². The van der Waals surface area contributed by atoms with Crippen LogP contribution in [0.3, 0.4) is 0 Å². The van der Waals surface area contributed by atoms with E-state index in [9.17, 15) is 4.79 Å². The monoisotopic (exact) mass is 210 g/mol. The van der Waals surface area contributed by atoms with Crippen LogP contribution in [0.4, 0.5) is 0 Å². The lowest BCUT2D eigenvalue weighted by Crippen LogP contribution is -2.22. The molecule has 0 saturated carbocycles. The molecule has 0 aliphatic rings. The van der Waals surface area contributed by atoms with E-state index in [1.54, 1.807) is 14.0 Å². The quantitative estimate of drug-likeness (QED) is 0.600. The van der Waals surface area contributed by atoms with E-state index in [1.165, 1.54) is 10.9 Å². The number of aromatic nitrogens is 4. The van der Waals surface area contributed by atoms with Crippen LogP contribution in [0, 0.1) is 6.92 Å². The second kappa shape index (κ2) is 3.02. The third kappa shape index (κ3) is 1.17. The van der Waals surface area contributed by atoms with Crippen LogP contribution >= 0.6 is 11.6 Å². The van der Waals surface area contributed by atoms with Crippen LogP contribution in [0.25, 0.3) is 11.2 Å². The predicted octanol–water partition coefficient (Wildman–Crippen LogP) is 0.685. The molecular formula is C8H7ClN4O. The first-order valence-corrected chi connectivity index (χ1v) is 4.33. The van der Waals surface area contributed by atoms with E-state index in [0.29, 0.717) is 16.9 Å². The number of hydrogen-bond donors (Lipinski definition) is 0. The molecule has 0 saturated heterocycles. The molecule has 0 atom stereocenters. The van der Waals surface area contributed by atoms with Crippen LogP contribution in [0.5, 0.6) is 0 Å². The van der Waals surface area contributed by atoms with Crippen LogP contribution in [-0.4, -0.2) is 19.5 Å². The van der Waals surface area contributed by atoms with Crippen molar-refractivity contribution in [1.29, 1.82) is 0 Å². The molecule has 0 aliphatic heterocycles. The Balaban J connectivity index is 3.06. The fourth-order valence-corrected chi connectivity index (χ4v) is 1.42. The number of aryl methyl sites for hydroxylation is 2. The summed E-state index contributed by atoms with van der Waals surface area (Å²) < 4.78 is 1.41. The summed E-state index contributed by atoms with van der Waals surface area (Å²) >= 11 is 5.82. The van der Waals surface area contributed by atoms with Gasteiger partial charge in [-0.3, -0.25) is 9.36 Å². The summed E-state index contributed by atoms with van der Waals surface area (Å²) in [5, 5.41) is 0.258. The molecule has 5 nitrogen and oxygen atoms in total. The molecule has 2 aromatic heterocycles. The maximum Gasteiger partial charge on any atom is 0.273 e. The maximum absolute atomic E-state index is 11.5. The van der Waals surface area contributed by atoms with Gasteiger partial charge in [0.2, 0.25) is 0 Å². The molecule has 0 N–H and O–H groups in total. The minimum Gasteiger partial charge on any atom is -0.293 e. The standard InChI is InChI=1S/C8H7ClN4O/c1-4-8(14)13(2)7-5(12-4)6(9)10-3-11-7/h3H,1-2H3. The Labute approximate surface area is 84.4 Å². The van der Waals surface area contributed by atoms with E-state index < -0.39 is 0 Å². The average Bonchev–Trinajstić information content (AvgIpc) is 2.17. The van der Waals surface area contributed by atoms with Crippen molar-refractivity contribution in [3.63, 3.8) is 0 Å². The molecular weight excluding hydrogens is 204 g/mol. The van der Waals surface area contributed by atoms with Gasteiger partial charge in [-0.1, -0.05) is 11.6 Å². The Morgan fingerprint density at radius 2 is 2.14 bits per heavy atom. The third-order valence-corrected chi connectivity index (χ3v) is 2.25. The van der Waals surface area contributed by atoms with E-state index >= 15 is 0 Å². The summed E-state index contributed by atoms with van der Waals surface area (Å²) in [6.07, 6.45) is 1.31. The number of fused-ring (bicyclic) bond motifs is 1. The van der Waals surface area contributed by atoms with Gasteiger partial charge in [0.25, 0.3) is 5.56 Å². The van der Waals surface area contributed by atoms with Gasteiger partial charge in [-0.25, -0.2) is 15.0 Å². The van der Waals surface area contributed by atoms with Crippen molar-refractivity contribution in [3.05, 3.63) is 27.5 Å². The largest absolute Gasteiger partial charge is 0.293 e. The summed E-state index contributed by atoms with van der Waals surface area (Å²) in [7, 11) is 1.63. The lowest BCUT2D eigenvalue weighted by Gasteiger charge is -2.04. The molecule has 72 valence electrons. The zero-order chi connectivity index (χ0) is 10.3. The molecule has 0 aliphatic carbocycles. The molecule has 6 heteroatoms. The van der Waals surface area contributed by atoms with Gasteiger partial charge in [-0.05, 0) is 6.92 Å². The maximum atomic E-state index is 11.5. The van der Waals surface area contributed by atoms with Gasteiger partial charge < -0.3 is 0 Å². The Kier molecular flexibility index (Phi) is 1.96. The first-order valence-electron chi connectivity index (χ1n) is 3.95. The highest BCUT2D eigenvalue weighted by molar-refractivity contribution is 6.33. The number of nitrogens with zero attached hydrogens (tertiary/aromatic N) is 4. The summed E-state index contributed by atoms with van der Waals surface area (Å²) in [6.45, 7) is 1.63. The summed E-state index contributed by atoms with van der Waals surface area (Å²) in [6, 6.07) is 0. The highest BCUT2D eigenvalue weighted by Crippen LogP contribution is 2.14. The number of halogens is 1. The summed E-state index contributed by atoms with van der Waals surface area (Å²) in [5.74, 6) is 0. The average molecular weight is 211 g/mol. The molecule has 0 unspecified atom stereocenters. The van der Waals surface area contributed by atoms with Crippen molar-refractivity contribution >= 4 is 22.8 Å². The second-order valence-corrected chi connectivity index (χ2v) is 3.26. The molecule has 2 heterocycles. The molecule has 0 amide bonds. The van der Waals surface area contributed by atoms with Gasteiger partial charge in [0.1, 0.15) is 17.5 Å².